The van der Waals surface area contributed by atoms with Gasteiger partial charge in [-0.05, 0) is 36.2 Å². The van der Waals surface area contributed by atoms with E-state index in [1.54, 1.807) is 24.5 Å². The molecule has 0 radical (unpaired) electrons. The SMILES string of the molecule is O=C(NCCc1ccncc1)c1cc(Cl)ccn1. The van der Waals surface area contributed by atoms with E-state index >= 15 is 0 Å². The third-order valence-electron chi connectivity index (χ3n) is 2.40. The fourth-order valence-electron chi connectivity index (χ4n) is 1.49. The first-order valence-corrected chi connectivity index (χ1v) is 5.92. The van der Waals surface area contributed by atoms with Gasteiger partial charge in [0.2, 0.25) is 0 Å². The van der Waals surface area contributed by atoms with Crippen molar-refractivity contribution in [3.05, 3.63) is 59.1 Å². The molecule has 0 aliphatic rings. The number of hydrogen-bond acceptors (Lipinski definition) is 3. The fraction of sp³-hybridized carbons (Fsp3) is 0.154. The van der Waals surface area contributed by atoms with Crippen molar-refractivity contribution in [1.29, 1.82) is 0 Å². The predicted molar refractivity (Wildman–Crippen MR) is 69.5 cm³/mol. The second-order valence-corrected chi connectivity index (χ2v) is 4.16. The van der Waals surface area contributed by atoms with Crippen LogP contribution in [-0.4, -0.2) is 22.4 Å². The second-order valence-electron chi connectivity index (χ2n) is 3.72. The van der Waals surface area contributed by atoms with Crippen LogP contribution < -0.4 is 5.32 Å². The number of aromatic nitrogens is 2. The van der Waals surface area contributed by atoms with Crippen molar-refractivity contribution in [2.75, 3.05) is 6.54 Å². The molecule has 0 aromatic carbocycles. The van der Waals surface area contributed by atoms with Crippen LogP contribution in [0.2, 0.25) is 5.02 Å². The Bertz CT molecular complexity index is 531. The summed E-state index contributed by atoms with van der Waals surface area (Å²) in [5.74, 6) is -0.216. The molecule has 2 aromatic rings. The quantitative estimate of drug-likeness (QED) is 0.917. The van der Waals surface area contributed by atoms with Crippen molar-refractivity contribution < 1.29 is 4.79 Å². The summed E-state index contributed by atoms with van der Waals surface area (Å²) in [6.07, 6.45) is 5.74. The Morgan fingerprint density at radius 1 is 1.22 bits per heavy atom. The number of amides is 1. The number of carbonyl (C=O) groups is 1. The summed E-state index contributed by atoms with van der Waals surface area (Å²) < 4.78 is 0. The Balaban J connectivity index is 1.86. The van der Waals surface area contributed by atoms with Gasteiger partial charge >= 0.3 is 0 Å². The maximum atomic E-state index is 11.7. The minimum absolute atomic E-state index is 0.216. The number of hydrogen-bond donors (Lipinski definition) is 1. The van der Waals surface area contributed by atoms with E-state index in [-0.39, 0.29) is 5.91 Å². The molecule has 2 aromatic heterocycles. The van der Waals surface area contributed by atoms with Crippen LogP contribution in [-0.2, 0) is 6.42 Å². The van der Waals surface area contributed by atoms with E-state index in [1.165, 1.54) is 6.20 Å². The standard InChI is InChI=1S/C13H12ClN3O/c14-11-4-8-16-12(9-11)13(18)17-7-3-10-1-5-15-6-2-10/h1-2,4-6,8-9H,3,7H2,(H,17,18). The number of nitrogens with one attached hydrogen (secondary N) is 1. The highest BCUT2D eigenvalue weighted by molar-refractivity contribution is 6.30. The van der Waals surface area contributed by atoms with Crippen LogP contribution in [0.25, 0.3) is 0 Å². The molecule has 4 nitrogen and oxygen atoms in total. The van der Waals surface area contributed by atoms with E-state index in [1.807, 2.05) is 12.1 Å². The van der Waals surface area contributed by atoms with Crippen LogP contribution >= 0.6 is 11.6 Å². The lowest BCUT2D eigenvalue weighted by Crippen LogP contribution is -2.26. The molecular formula is C13H12ClN3O. The van der Waals surface area contributed by atoms with Crippen LogP contribution in [0.5, 0.6) is 0 Å². The lowest BCUT2D eigenvalue weighted by molar-refractivity contribution is 0.0949. The van der Waals surface area contributed by atoms with Crippen LogP contribution in [0.1, 0.15) is 16.1 Å². The minimum atomic E-state index is -0.216. The van der Waals surface area contributed by atoms with E-state index in [0.29, 0.717) is 17.3 Å². The van der Waals surface area contributed by atoms with Crippen LogP contribution in [0.3, 0.4) is 0 Å². The van der Waals surface area contributed by atoms with E-state index in [9.17, 15) is 4.79 Å². The summed E-state index contributed by atoms with van der Waals surface area (Å²) in [7, 11) is 0. The normalized spacial score (nSPS) is 10.1. The molecule has 0 bridgehead atoms. The first-order valence-electron chi connectivity index (χ1n) is 5.54. The monoisotopic (exact) mass is 261 g/mol. The lowest BCUT2D eigenvalue weighted by Gasteiger charge is -2.04. The molecule has 0 aliphatic heterocycles. The Morgan fingerprint density at radius 2 is 2.00 bits per heavy atom. The Labute approximate surface area is 110 Å². The van der Waals surface area contributed by atoms with E-state index in [4.69, 9.17) is 11.6 Å². The van der Waals surface area contributed by atoms with Crippen molar-refractivity contribution in [2.24, 2.45) is 0 Å². The average Bonchev–Trinajstić information content (AvgIpc) is 2.40. The highest BCUT2D eigenvalue weighted by Crippen LogP contribution is 2.07. The maximum absolute atomic E-state index is 11.7. The van der Waals surface area contributed by atoms with Crippen molar-refractivity contribution in [3.63, 3.8) is 0 Å². The fourth-order valence-corrected chi connectivity index (χ4v) is 1.65. The van der Waals surface area contributed by atoms with Crippen molar-refractivity contribution >= 4 is 17.5 Å². The molecule has 5 heteroatoms. The molecule has 0 aliphatic carbocycles. The zero-order valence-electron chi connectivity index (χ0n) is 9.64. The van der Waals surface area contributed by atoms with Gasteiger partial charge in [0.25, 0.3) is 5.91 Å². The van der Waals surface area contributed by atoms with Gasteiger partial charge in [-0.1, -0.05) is 11.6 Å². The van der Waals surface area contributed by atoms with Gasteiger partial charge in [0.15, 0.2) is 0 Å². The molecule has 0 unspecified atom stereocenters. The summed E-state index contributed by atoms with van der Waals surface area (Å²) in [5.41, 5.74) is 1.46. The number of pyridine rings is 2. The average molecular weight is 262 g/mol. The van der Waals surface area contributed by atoms with Crippen molar-refractivity contribution in [1.82, 2.24) is 15.3 Å². The topological polar surface area (TPSA) is 54.9 Å². The van der Waals surface area contributed by atoms with Gasteiger partial charge < -0.3 is 5.32 Å². The van der Waals surface area contributed by atoms with Crippen LogP contribution in [0.4, 0.5) is 0 Å². The summed E-state index contributed by atoms with van der Waals surface area (Å²) in [4.78, 5) is 19.6. The Kier molecular flexibility index (Phi) is 4.25. The molecule has 0 saturated heterocycles. The molecule has 18 heavy (non-hydrogen) atoms. The van der Waals surface area contributed by atoms with Gasteiger partial charge in [-0.3, -0.25) is 14.8 Å². The molecule has 0 spiro atoms. The molecule has 1 N–H and O–H groups in total. The summed E-state index contributed by atoms with van der Waals surface area (Å²) in [6, 6.07) is 7.02. The van der Waals surface area contributed by atoms with Crippen molar-refractivity contribution in [2.45, 2.75) is 6.42 Å². The largest absolute Gasteiger partial charge is 0.350 e. The molecule has 2 rings (SSSR count). The zero-order chi connectivity index (χ0) is 12.8. The summed E-state index contributed by atoms with van der Waals surface area (Å²) in [6.45, 7) is 0.553. The maximum Gasteiger partial charge on any atom is 0.269 e. The van der Waals surface area contributed by atoms with E-state index in [0.717, 1.165) is 12.0 Å². The molecule has 92 valence electrons. The molecular weight excluding hydrogens is 250 g/mol. The lowest BCUT2D eigenvalue weighted by atomic mass is 10.2. The third kappa shape index (κ3) is 3.53. The first-order chi connectivity index (χ1) is 8.75. The Hall–Kier alpha value is -1.94. The molecule has 1 amide bonds. The number of halogens is 1. The van der Waals surface area contributed by atoms with Gasteiger partial charge in [-0.25, -0.2) is 0 Å². The van der Waals surface area contributed by atoms with Crippen LogP contribution in [0.15, 0.2) is 42.9 Å². The molecule has 0 atom stereocenters. The molecule has 0 fully saturated rings. The summed E-state index contributed by atoms with van der Waals surface area (Å²) >= 11 is 5.79. The smallest absolute Gasteiger partial charge is 0.269 e. The minimum Gasteiger partial charge on any atom is -0.350 e. The predicted octanol–water partition coefficient (Wildman–Crippen LogP) is 2.10. The first kappa shape index (κ1) is 12.5. The number of rotatable bonds is 4. The van der Waals surface area contributed by atoms with Crippen molar-refractivity contribution in [3.8, 4) is 0 Å². The highest BCUT2D eigenvalue weighted by atomic mass is 35.5. The van der Waals surface area contributed by atoms with Gasteiger partial charge in [0.05, 0.1) is 0 Å². The van der Waals surface area contributed by atoms with Crippen LogP contribution in [0, 0.1) is 0 Å². The highest BCUT2D eigenvalue weighted by Gasteiger charge is 2.06. The zero-order valence-corrected chi connectivity index (χ0v) is 10.4. The molecule has 2 heterocycles. The third-order valence-corrected chi connectivity index (χ3v) is 2.64. The number of carbonyl (C=O) groups excluding carboxylic acids is 1. The summed E-state index contributed by atoms with van der Waals surface area (Å²) in [5, 5.41) is 3.30. The van der Waals surface area contributed by atoms with Gasteiger partial charge in [0, 0.05) is 30.2 Å². The van der Waals surface area contributed by atoms with Gasteiger partial charge in [-0.15, -0.1) is 0 Å². The van der Waals surface area contributed by atoms with E-state index in [2.05, 4.69) is 15.3 Å². The Morgan fingerprint density at radius 3 is 2.72 bits per heavy atom. The molecule has 0 saturated carbocycles. The van der Waals surface area contributed by atoms with E-state index < -0.39 is 0 Å². The number of nitrogens with zero attached hydrogens (tertiary/aromatic N) is 2. The van der Waals surface area contributed by atoms with Gasteiger partial charge in [-0.2, -0.15) is 0 Å². The second kappa shape index (κ2) is 6.12. The van der Waals surface area contributed by atoms with Gasteiger partial charge in [0.1, 0.15) is 5.69 Å².